The van der Waals surface area contributed by atoms with Gasteiger partial charge in [-0.2, -0.15) is 0 Å². The topological polar surface area (TPSA) is 58.6 Å². The molecule has 0 heterocycles. The van der Waals surface area contributed by atoms with E-state index in [1.807, 2.05) is 0 Å². The molecule has 17 heavy (non-hydrogen) atoms. The predicted molar refractivity (Wildman–Crippen MR) is 66.7 cm³/mol. The highest BCUT2D eigenvalue weighted by atomic mass is 16.5. The van der Waals surface area contributed by atoms with E-state index in [1.54, 1.807) is 0 Å². The molecule has 1 fully saturated rings. The monoisotopic (exact) mass is 243 g/mol. The first-order chi connectivity index (χ1) is 8.17. The van der Waals surface area contributed by atoms with E-state index in [0.29, 0.717) is 5.92 Å². The number of esters is 1. The second kappa shape index (κ2) is 7.67. The number of unbranched alkanes of at least 4 members (excludes halogenated alkanes) is 1. The van der Waals surface area contributed by atoms with E-state index in [0.717, 1.165) is 45.1 Å². The Kier molecular flexibility index (Phi) is 6.52. The van der Waals surface area contributed by atoms with Crippen molar-refractivity contribution in [2.75, 3.05) is 13.7 Å². The molecule has 0 aliphatic heterocycles. The summed E-state index contributed by atoms with van der Waals surface area (Å²) >= 11 is 0. The van der Waals surface area contributed by atoms with Crippen molar-refractivity contribution in [1.29, 1.82) is 0 Å². The predicted octanol–water partition coefficient (Wildman–Crippen LogP) is 1.47. The van der Waals surface area contributed by atoms with Gasteiger partial charge >= 0.3 is 5.97 Å². The molecule has 0 saturated heterocycles. The van der Waals surface area contributed by atoms with Crippen LogP contribution < -0.4 is 5.32 Å². The maximum atomic E-state index is 11.6. The van der Waals surface area contributed by atoms with Crippen LogP contribution in [0.1, 0.15) is 45.4 Å². The highest BCUT2D eigenvalue weighted by molar-refractivity contribution is 5.75. The van der Waals surface area contributed by atoms with Gasteiger partial charge in [-0.1, -0.05) is 19.8 Å². The van der Waals surface area contributed by atoms with Crippen LogP contribution in [-0.4, -0.2) is 36.9 Å². The van der Waals surface area contributed by atoms with E-state index in [4.69, 9.17) is 4.74 Å². The lowest BCUT2D eigenvalue weighted by Gasteiger charge is -2.18. The Labute approximate surface area is 104 Å². The quantitative estimate of drug-likeness (QED) is 0.665. The highest BCUT2D eigenvalue weighted by Crippen LogP contribution is 2.24. The lowest BCUT2D eigenvalue weighted by molar-refractivity contribution is -0.143. The average Bonchev–Trinajstić information content (AvgIpc) is 2.74. The molecule has 0 aromatic rings. The van der Waals surface area contributed by atoms with Crippen LogP contribution in [0.5, 0.6) is 0 Å². The fourth-order valence-corrected chi connectivity index (χ4v) is 2.40. The van der Waals surface area contributed by atoms with Gasteiger partial charge in [0.1, 0.15) is 6.04 Å². The van der Waals surface area contributed by atoms with E-state index < -0.39 is 0 Å². The van der Waals surface area contributed by atoms with E-state index >= 15 is 0 Å². The molecule has 0 spiro atoms. The van der Waals surface area contributed by atoms with E-state index in [1.165, 1.54) is 7.11 Å². The fraction of sp³-hybridized carbons (Fsp3) is 0.923. The standard InChI is InChI=1S/C13H25NO3/c1-3-4-5-12(13(16)17-2)14-9-10-6-7-11(15)8-10/h10-12,14-15H,3-9H2,1-2H3. The Morgan fingerprint density at radius 2 is 2.29 bits per heavy atom. The number of ether oxygens (including phenoxy) is 1. The molecule has 0 aromatic heterocycles. The Balaban J connectivity index is 2.30. The van der Waals surface area contributed by atoms with Gasteiger partial charge in [0.25, 0.3) is 0 Å². The Morgan fingerprint density at radius 3 is 2.82 bits per heavy atom. The number of hydrogen-bond acceptors (Lipinski definition) is 4. The normalized spacial score (nSPS) is 25.8. The van der Waals surface area contributed by atoms with Gasteiger partial charge in [0.2, 0.25) is 0 Å². The zero-order valence-corrected chi connectivity index (χ0v) is 10.9. The van der Waals surface area contributed by atoms with Crippen LogP contribution in [0, 0.1) is 5.92 Å². The van der Waals surface area contributed by atoms with E-state index in [9.17, 15) is 9.90 Å². The summed E-state index contributed by atoms with van der Waals surface area (Å²) in [6, 6.07) is -0.183. The number of aliphatic hydroxyl groups excluding tert-OH is 1. The number of carbonyl (C=O) groups is 1. The molecule has 3 unspecified atom stereocenters. The minimum Gasteiger partial charge on any atom is -0.468 e. The lowest BCUT2D eigenvalue weighted by atomic mass is 10.1. The highest BCUT2D eigenvalue weighted by Gasteiger charge is 2.25. The van der Waals surface area contributed by atoms with Crippen LogP contribution >= 0.6 is 0 Å². The van der Waals surface area contributed by atoms with Crippen molar-refractivity contribution in [3.8, 4) is 0 Å². The molecular formula is C13H25NO3. The third kappa shape index (κ3) is 5.04. The first kappa shape index (κ1) is 14.5. The third-order valence-corrected chi connectivity index (χ3v) is 3.50. The summed E-state index contributed by atoms with van der Waals surface area (Å²) in [7, 11) is 1.43. The zero-order valence-electron chi connectivity index (χ0n) is 10.9. The van der Waals surface area contributed by atoms with Crippen molar-refractivity contribution in [1.82, 2.24) is 5.32 Å². The summed E-state index contributed by atoms with van der Waals surface area (Å²) in [6.45, 7) is 2.92. The average molecular weight is 243 g/mol. The molecule has 4 heteroatoms. The van der Waals surface area contributed by atoms with Crippen molar-refractivity contribution in [2.45, 2.75) is 57.6 Å². The summed E-state index contributed by atoms with van der Waals surface area (Å²) in [6.07, 6.45) is 5.60. The first-order valence-electron chi connectivity index (χ1n) is 6.66. The SMILES string of the molecule is CCCCC(NCC1CCC(O)C1)C(=O)OC. The van der Waals surface area contributed by atoms with Gasteiger partial charge in [0.05, 0.1) is 13.2 Å². The fourth-order valence-electron chi connectivity index (χ4n) is 2.40. The molecule has 2 N–H and O–H groups in total. The van der Waals surface area contributed by atoms with Crippen molar-refractivity contribution >= 4 is 5.97 Å². The zero-order chi connectivity index (χ0) is 12.7. The number of hydrogen-bond donors (Lipinski definition) is 2. The molecule has 1 aliphatic carbocycles. The molecule has 1 saturated carbocycles. The Hall–Kier alpha value is -0.610. The molecule has 0 amide bonds. The molecule has 0 radical (unpaired) electrons. The first-order valence-corrected chi connectivity index (χ1v) is 6.66. The molecular weight excluding hydrogens is 218 g/mol. The van der Waals surface area contributed by atoms with Gasteiger partial charge in [-0.25, -0.2) is 0 Å². The second-order valence-electron chi connectivity index (χ2n) is 4.96. The minimum absolute atomic E-state index is 0.144. The summed E-state index contributed by atoms with van der Waals surface area (Å²) in [5, 5.41) is 12.7. The molecule has 100 valence electrons. The summed E-state index contributed by atoms with van der Waals surface area (Å²) < 4.78 is 4.79. The van der Waals surface area contributed by atoms with E-state index in [2.05, 4.69) is 12.2 Å². The molecule has 0 bridgehead atoms. The maximum absolute atomic E-state index is 11.6. The van der Waals surface area contributed by atoms with Gasteiger partial charge in [-0.05, 0) is 38.1 Å². The molecule has 3 atom stereocenters. The largest absolute Gasteiger partial charge is 0.468 e. The van der Waals surface area contributed by atoms with Crippen LogP contribution in [-0.2, 0) is 9.53 Å². The van der Waals surface area contributed by atoms with Crippen LogP contribution in [0.15, 0.2) is 0 Å². The Bertz CT molecular complexity index is 233. The van der Waals surface area contributed by atoms with Gasteiger partial charge in [-0.15, -0.1) is 0 Å². The second-order valence-corrected chi connectivity index (χ2v) is 4.96. The van der Waals surface area contributed by atoms with Crippen molar-refractivity contribution in [3.05, 3.63) is 0 Å². The van der Waals surface area contributed by atoms with Crippen LogP contribution in [0.25, 0.3) is 0 Å². The van der Waals surface area contributed by atoms with Gasteiger partial charge in [0, 0.05) is 0 Å². The Morgan fingerprint density at radius 1 is 1.53 bits per heavy atom. The molecule has 0 aromatic carbocycles. The molecule has 1 rings (SSSR count). The van der Waals surface area contributed by atoms with Crippen LogP contribution in [0.3, 0.4) is 0 Å². The number of rotatable bonds is 7. The van der Waals surface area contributed by atoms with Crippen LogP contribution in [0.4, 0.5) is 0 Å². The number of carbonyl (C=O) groups excluding carboxylic acids is 1. The van der Waals surface area contributed by atoms with Gasteiger partial charge < -0.3 is 15.2 Å². The minimum atomic E-state index is -0.183. The summed E-state index contributed by atoms with van der Waals surface area (Å²) in [5.41, 5.74) is 0. The number of nitrogens with one attached hydrogen (secondary N) is 1. The molecule has 1 aliphatic rings. The van der Waals surface area contributed by atoms with E-state index in [-0.39, 0.29) is 18.1 Å². The van der Waals surface area contributed by atoms with Crippen molar-refractivity contribution < 1.29 is 14.6 Å². The number of methoxy groups -OCH3 is 1. The lowest BCUT2D eigenvalue weighted by Crippen LogP contribution is -2.40. The summed E-state index contributed by atoms with van der Waals surface area (Å²) in [5.74, 6) is 0.329. The van der Waals surface area contributed by atoms with Crippen molar-refractivity contribution in [2.24, 2.45) is 5.92 Å². The summed E-state index contributed by atoms with van der Waals surface area (Å²) in [4.78, 5) is 11.6. The maximum Gasteiger partial charge on any atom is 0.322 e. The van der Waals surface area contributed by atoms with Crippen molar-refractivity contribution in [3.63, 3.8) is 0 Å². The third-order valence-electron chi connectivity index (χ3n) is 3.50. The number of aliphatic hydroxyl groups is 1. The van der Waals surface area contributed by atoms with Crippen LogP contribution in [0.2, 0.25) is 0 Å². The molecule has 4 nitrogen and oxygen atoms in total. The van der Waals surface area contributed by atoms with Gasteiger partial charge in [-0.3, -0.25) is 4.79 Å². The smallest absolute Gasteiger partial charge is 0.322 e. The van der Waals surface area contributed by atoms with Gasteiger partial charge in [0.15, 0.2) is 0 Å².